The lowest BCUT2D eigenvalue weighted by Gasteiger charge is -2.36. The summed E-state index contributed by atoms with van der Waals surface area (Å²) in [6.45, 7) is 6.89. The quantitative estimate of drug-likeness (QED) is 0.792. The lowest BCUT2D eigenvalue weighted by atomic mass is 9.70. The first-order chi connectivity index (χ1) is 8.47. The summed E-state index contributed by atoms with van der Waals surface area (Å²) in [5, 5.41) is 10.7. The molecule has 2 aliphatic rings. The molecule has 0 saturated heterocycles. The van der Waals surface area contributed by atoms with Crippen LogP contribution >= 0.6 is 0 Å². The highest BCUT2D eigenvalue weighted by Crippen LogP contribution is 2.67. The first-order valence-corrected chi connectivity index (χ1v) is 6.91. The number of hydrogen-bond acceptors (Lipinski definition) is 1. The molecule has 1 heteroatoms. The second-order valence-corrected chi connectivity index (χ2v) is 6.69. The summed E-state index contributed by atoms with van der Waals surface area (Å²) in [4.78, 5) is 0. The van der Waals surface area contributed by atoms with E-state index < -0.39 is 0 Å². The van der Waals surface area contributed by atoms with Crippen LogP contribution in [0.2, 0.25) is 0 Å². The van der Waals surface area contributed by atoms with Gasteiger partial charge in [-0.1, -0.05) is 57.2 Å². The molecule has 1 nitrogen and oxygen atoms in total. The fourth-order valence-corrected chi connectivity index (χ4v) is 4.08. The highest BCUT2D eigenvalue weighted by atomic mass is 16.3. The van der Waals surface area contributed by atoms with Gasteiger partial charge in [0, 0.05) is 5.41 Å². The lowest BCUT2D eigenvalue weighted by molar-refractivity contribution is 0.0264. The predicted molar refractivity (Wildman–Crippen MR) is 75.0 cm³/mol. The van der Waals surface area contributed by atoms with Crippen LogP contribution in [0.1, 0.15) is 39.2 Å². The monoisotopic (exact) mass is 242 g/mol. The molecule has 2 aliphatic carbocycles. The molecule has 0 heterocycles. The molecule has 0 aliphatic heterocycles. The largest absolute Gasteiger partial charge is 0.388 e. The molecule has 1 aromatic rings. The molecule has 2 bridgehead atoms. The van der Waals surface area contributed by atoms with E-state index >= 15 is 0 Å². The van der Waals surface area contributed by atoms with Crippen molar-refractivity contribution in [2.45, 2.75) is 39.7 Å². The maximum Gasteiger partial charge on any atom is 0.0815 e. The molecule has 3 atom stereocenters. The molecule has 96 valence electrons. The van der Waals surface area contributed by atoms with Crippen LogP contribution < -0.4 is 0 Å². The van der Waals surface area contributed by atoms with Crippen molar-refractivity contribution in [3.63, 3.8) is 0 Å². The van der Waals surface area contributed by atoms with Crippen molar-refractivity contribution in [2.24, 2.45) is 16.7 Å². The van der Waals surface area contributed by atoms with E-state index in [0.29, 0.717) is 5.92 Å². The highest BCUT2D eigenvalue weighted by molar-refractivity contribution is 5.57. The summed E-state index contributed by atoms with van der Waals surface area (Å²) < 4.78 is 0. The number of hydrogen-bond donors (Lipinski definition) is 1. The zero-order valence-electron chi connectivity index (χ0n) is 11.5. The first-order valence-electron chi connectivity index (χ1n) is 6.91. The number of fused-ring (bicyclic) bond motifs is 2. The standard InChI is InChI=1S/C17H22O/c1-16(2)14-9-10-17(16,3)15(18)13(14)11-12-7-5-4-6-8-12/h4-8,11,14-15,18H,9-10H2,1-3H3/b13-11+/t14-,15-,17+/m0/s1. The van der Waals surface area contributed by atoms with Gasteiger partial charge in [-0.05, 0) is 35.3 Å². The van der Waals surface area contributed by atoms with E-state index in [9.17, 15) is 5.11 Å². The van der Waals surface area contributed by atoms with Gasteiger partial charge in [-0.2, -0.15) is 0 Å². The third kappa shape index (κ3) is 1.37. The zero-order chi connectivity index (χ0) is 13.0. The Morgan fingerprint density at radius 3 is 2.39 bits per heavy atom. The number of aliphatic hydroxyl groups is 1. The minimum absolute atomic E-state index is 0.0538. The number of aliphatic hydroxyl groups excluding tert-OH is 1. The first kappa shape index (κ1) is 12.0. The van der Waals surface area contributed by atoms with Gasteiger partial charge >= 0.3 is 0 Å². The Kier molecular flexibility index (Phi) is 2.47. The van der Waals surface area contributed by atoms with Crippen molar-refractivity contribution in [3.05, 3.63) is 41.5 Å². The normalized spacial score (nSPS) is 39.4. The van der Waals surface area contributed by atoms with Crippen LogP contribution in [0.5, 0.6) is 0 Å². The van der Waals surface area contributed by atoms with Crippen molar-refractivity contribution in [1.82, 2.24) is 0 Å². The van der Waals surface area contributed by atoms with Gasteiger partial charge < -0.3 is 5.11 Å². The summed E-state index contributed by atoms with van der Waals surface area (Å²) in [6.07, 6.45) is 4.31. The minimum Gasteiger partial charge on any atom is -0.388 e. The van der Waals surface area contributed by atoms with E-state index in [1.165, 1.54) is 17.6 Å². The smallest absolute Gasteiger partial charge is 0.0815 e. The van der Waals surface area contributed by atoms with Crippen molar-refractivity contribution < 1.29 is 5.11 Å². The van der Waals surface area contributed by atoms with Gasteiger partial charge in [0.15, 0.2) is 0 Å². The molecule has 0 unspecified atom stereocenters. The van der Waals surface area contributed by atoms with Gasteiger partial charge in [0.1, 0.15) is 0 Å². The topological polar surface area (TPSA) is 20.2 Å². The molecule has 0 radical (unpaired) electrons. The summed E-state index contributed by atoms with van der Waals surface area (Å²) in [6, 6.07) is 10.4. The summed E-state index contributed by atoms with van der Waals surface area (Å²) in [5.41, 5.74) is 2.73. The van der Waals surface area contributed by atoms with Gasteiger partial charge in [0.25, 0.3) is 0 Å². The molecular weight excluding hydrogens is 220 g/mol. The second kappa shape index (κ2) is 3.71. The van der Waals surface area contributed by atoms with Crippen LogP contribution in [0.4, 0.5) is 0 Å². The lowest BCUT2D eigenvalue weighted by Crippen LogP contribution is -2.35. The maximum absolute atomic E-state index is 10.7. The maximum atomic E-state index is 10.7. The van der Waals surface area contributed by atoms with E-state index in [1.54, 1.807) is 0 Å². The van der Waals surface area contributed by atoms with Crippen molar-refractivity contribution in [1.29, 1.82) is 0 Å². The van der Waals surface area contributed by atoms with Crippen LogP contribution in [-0.4, -0.2) is 11.2 Å². The fourth-order valence-electron chi connectivity index (χ4n) is 4.08. The van der Waals surface area contributed by atoms with E-state index in [2.05, 4.69) is 51.1 Å². The van der Waals surface area contributed by atoms with Crippen molar-refractivity contribution in [3.8, 4) is 0 Å². The second-order valence-electron chi connectivity index (χ2n) is 6.69. The van der Waals surface area contributed by atoms with Gasteiger partial charge in [-0.3, -0.25) is 0 Å². The molecule has 3 rings (SSSR count). The van der Waals surface area contributed by atoms with Gasteiger partial charge in [-0.15, -0.1) is 0 Å². The average Bonchev–Trinajstić information content (AvgIpc) is 2.65. The molecule has 2 fully saturated rings. The van der Waals surface area contributed by atoms with Crippen molar-refractivity contribution in [2.75, 3.05) is 0 Å². The molecule has 2 saturated carbocycles. The summed E-state index contributed by atoms with van der Waals surface area (Å²) in [5.74, 6) is 0.540. The fraction of sp³-hybridized carbons (Fsp3) is 0.529. The van der Waals surface area contributed by atoms with Crippen LogP contribution in [-0.2, 0) is 0 Å². The van der Waals surface area contributed by atoms with Crippen LogP contribution in [0, 0.1) is 16.7 Å². The van der Waals surface area contributed by atoms with Gasteiger partial charge in [0.2, 0.25) is 0 Å². The third-order valence-corrected chi connectivity index (χ3v) is 5.75. The third-order valence-electron chi connectivity index (χ3n) is 5.75. The van der Waals surface area contributed by atoms with E-state index in [1.807, 2.05) is 6.07 Å². The molecule has 1 N–H and O–H groups in total. The highest BCUT2D eigenvalue weighted by Gasteiger charge is 2.63. The van der Waals surface area contributed by atoms with Gasteiger partial charge in [-0.25, -0.2) is 0 Å². The van der Waals surface area contributed by atoms with Crippen LogP contribution in [0.3, 0.4) is 0 Å². The Morgan fingerprint density at radius 1 is 1.17 bits per heavy atom. The molecule has 0 spiro atoms. The van der Waals surface area contributed by atoms with Crippen molar-refractivity contribution >= 4 is 6.08 Å². The average molecular weight is 242 g/mol. The SMILES string of the molecule is CC1(C)[C@H]2CC[C@]1(C)[C@@H](O)/C2=C/c1ccccc1. The minimum atomic E-state index is -0.272. The number of benzene rings is 1. The summed E-state index contributed by atoms with van der Waals surface area (Å²) >= 11 is 0. The summed E-state index contributed by atoms with van der Waals surface area (Å²) in [7, 11) is 0. The Balaban J connectivity index is 2.04. The van der Waals surface area contributed by atoms with E-state index in [4.69, 9.17) is 0 Å². The molecular formula is C17H22O. The van der Waals surface area contributed by atoms with Crippen LogP contribution in [0.15, 0.2) is 35.9 Å². The van der Waals surface area contributed by atoms with E-state index in [0.717, 1.165) is 6.42 Å². The Hall–Kier alpha value is -1.08. The Labute approximate surface area is 110 Å². The number of rotatable bonds is 1. The predicted octanol–water partition coefficient (Wildman–Crippen LogP) is 3.89. The van der Waals surface area contributed by atoms with Gasteiger partial charge in [0.05, 0.1) is 6.10 Å². The molecule has 18 heavy (non-hydrogen) atoms. The molecule has 0 aromatic heterocycles. The zero-order valence-corrected chi connectivity index (χ0v) is 11.5. The Bertz CT molecular complexity index is 486. The molecule has 1 aromatic carbocycles. The Morgan fingerprint density at radius 2 is 1.83 bits per heavy atom. The molecule has 0 amide bonds. The van der Waals surface area contributed by atoms with E-state index in [-0.39, 0.29) is 16.9 Å². The van der Waals surface area contributed by atoms with Crippen LogP contribution in [0.25, 0.3) is 6.08 Å².